The number of hydrogen-bond acceptors (Lipinski definition) is 2. The summed E-state index contributed by atoms with van der Waals surface area (Å²) in [4.78, 5) is 1.24. The Kier molecular flexibility index (Phi) is 4.78. The normalized spacial score (nSPS) is 12.7. The highest BCUT2D eigenvalue weighted by molar-refractivity contribution is 9.11. The Morgan fingerprint density at radius 3 is 2.78 bits per heavy atom. The number of thiophene rings is 1. The van der Waals surface area contributed by atoms with Crippen LogP contribution in [0.4, 0.5) is 4.39 Å². The maximum Gasteiger partial charge on any atom is 0.142 e. The first kappa shape index (κ1) is 14.0. The topological polar surface area (TPSA) is 12.0 Å². The number of nitrogens with one attached hydrogen (secondary N) is 1. The van der Waals surface area contributed by atoms with Crippen molar-refractivity contribution in [3.63, 3.8) is 0 Å². The van der Waals surface area contributed by atoms with Gasteiger partial charge in [0.25, 0.3) is 0 Å². The number of hydrogen-bond donors (Lipinski definition) is 1. The molecule has 0 aliphatic rings. The molecule has 18 heavy (non-hydrogen) atoms. The molecule has 0 bridgehead atoms. The van der Waals surface area contributed by atoms with Crippen LogP contribution in [0.25, 0.3) is 0 Å². The number of halogens is 3. The summed E-state index contributed by atoms with van der Waals surface area (Å²) in [6.07, 6.45) is 0. The van der Waals surface area contributed by atoms with E-state index in [9.17, 15) is 4.39 Å². The van der Waals surface area contributed by atoms with Crippen LogP contribution in [0.5, 0.6) is 0 Å². The molecule has 1 heterocycles. The van der Waals surface area contributed by atoms with E-state index in [1.165, 1.54) is 10.9 Å². The molecule has 0 radical (unpaired) electrons. The van der Waals surface area contributed by atoms with Crippen molar-refractivity contribution in [3.05, 3.63) is 55.4 Å². The van der Waals surface area contributed by atoms with E-state index in [4.69, 9.17) is 11.6 Å². The predicted molar refractivity (Wildman–Crippen MR) is 78.7 cm³/mol. The van der Waals surface area contributed by atoms with Crippen molar-refractivity contribution in [2.45, 2.75) is 19.5 Å². The van der Waals surface area contributed by atoms with Crippen LogP contribution in [0, 0.1) is 5.82 Å². The lowest BCUT2D eigenvalue weighted by atomic mass is 10.1. The minimum absolute atomic E-state index is 0.0812. The van der Waals surface area contributed by atoms with Gasteiger partial charge in [-0.25, -0.2) is 4.39 Å². The molecule has 0 saturated heterocycles. The molecule has 2 aromatic rings. The second-order valence-electron chi connectivity index (χ2n) is 3.98. The largest absolute Gasteiger partial charge is 0.305 e. The van der Waals surface area contributed by atoms with Gasteiger partial charge in [-0.3, -0.25) is 0 Å². The summed E-state index contributed by atoms with van der Waals surface area (Å²) in [5, 5.41) is 3.52. The monoisotopic (exact) mass is 347 g/mol. The molecule has 2 rings (SSSR count). The smallest absolute Gasteiger partial charge is 0.142 e. The van der Waals surface area contributed by atoms with E-state index in [-0.39, 0.29) is 16.9 Å². The molecule has 0 amide bonds. The van der Waals surface area contributed by atoms with Crippen LogP contribution in [0.3, 0.4) is 0 Å². The van der Waals surface area contributed by atoms with Gasteiger partial charge in [0.2, 0.25) is 0 Å². The van der Waals surface area contributed by atoms with Crippen LogP contribution in [0.1, 0.15) is 23.4 Å². The van der Waals surface area contributed by atoms with Crippen molar-refractivity contribution in [2.24, 2.45) is 0 Å². The van der Waals surface area contributed by atoms with E-state index in [0.29, 0.717) is 0 Å². The van der Waals surface area contributed by atoms with Crippen LogP contribution in [-0.4, -0.2) is 0 Å². The molecule has 5 heteroatoms. The Bertz CT molecular complexity index is 544. The molecule has 96 valence electrons. The summed E-state index contributed by atoms with van der Waals surface area (Å²) in [6, 6.07) is 9.08. The van der Waals surface area contributed by atoms with Gasteiger partial charge in [0.15, 0.2) is 0 Å². The Morgan fingerprint density at radius 1 is 1.39 bits per heavy atom. The highest BCUT2D eigenvalue weighted by atomic mass is 79.9. The molecule has 1 atom stereocenters. The molecule has 0 aliphatic heterocycles. The third-order valence-corrected chi connectivity index (χ3v) is 4.59. The quantitative estimate of drug-likeness (QED) is 0.805. The molecule has 1 aromatic heterocycles. The molecule has 0 fully saturated rings. The lowest BCUT2D eigenvalue weighted by Crippen LogP contribution is -2.17. The zero-order valence-electron chi connectivity index (χ0n) is 9.71. The van der Waals surface area contributed by atoms with Gasteiger partial charge in [-0.1, -0.05) is 17.7 Å². The minimum Gasteiger partial charge on any atom is -0.305 e. The van der Waals surface area contributed by atoms with E-state index in [2.05, 4.69) is 27.3 Å². The van der Waals surface area contributed by atoms with Crippen LogP contribution in [0.2, 0.25) is 5.02 Å². The van der Waals surface area contributed by atoms with Gasteiger partial charge in [0.1, 0.15) is 5.82 Å². The Balaban J connectivity index is 1.99. The molecule has 0 saturated carbocycles. The fourth-order valence-corrected chi connectivity index (χ4v) is 3.15. The van der Waals surface area contributed by atoms with Gasteiger partial charge in [-0.15, -0.1) is 11.3 Å². The lowest BCUT2D eigenvalue weighted by molar-refractivity contribution is 0.568. The lowest BCUT2D eigenvalue weighted by Gasteiger charge is -2.14. The third-order valence-electron chi connectivity index (χ3n) is 2.65. The summed E-state index contributed by atoms with van der Waals surface area (Å²) in [7, 11) is 0. The number of rotatable bonds is 4. The summed E-state index contributed by atoms with van der Waals surface area (Å²) in [6.45, 7) is 2.77. The van der Waals surface area contributed by atoms with Gasteiger partial charge < -0.3 is 5.32 Å². The average molecular weight is 349 g/mol. The SMILES string of the molecule is CC(NCc1ccc(Br)s1)c1ccc(Cl)c(F)c1. The van der Waals surface area contributed by atoms with Gasteiger partial charge in [0.05, 0.1) is 8.81 Å². The van der Waals surface area contributed by atoms with Crippen LogP contribution >= 0.6 is 38.9 Å². The average Bonchev–Trinajstić information content (AvgIpc) is 2.75. The van der Waals surface area contributed by atoms with Crippen LogP contribution in [0.15, 0.2) is 34.1 Å². The van der Waals surface area contributed by atoms with Crippen LogP contribution < -0.4 is 5.32 Å². The molecular formula is C13H12BrClFNS. The molecule has 1 N–H and O–H groups in total. The molecule has 1 aromatic carbocycles. The van der Waals surface area contributed by atoms with E-state index in [1.54, 1.807) is 17.4 Å². The first-order valence-corrected chi connectivity index (χ1v) is 7.47. The summed E-state index contributed by atoms with van der Waals surface area (Å²) in [5.41, 5.74) is 0.896. The molecule has 0 spiro atoms. The minimum atomic E-state index is -0.373. The van der Waals surface area contributed by atoms with Gasteiger partial charge in [-0.05, 0) is 52.7 Å². The van der Waals surface area contributed by atoms with Crippen molar-refractivity contribution in [2.75, 3.05) is 0 Å². The molecular weight excluding hydrogens is 337 g/mol. The maximum absolute atomic E-state index is 13.3. The standard InChI is InChI=1S/C13H12BrClFNS/c1-8(9-2-4-11(15)12(16)6-9)17-7-10-3-5-13(14)18-10/h2-6,8,17H,7H2,1H3. The highest BCUT2D eigenvalue weighted by Crippen LogP contribution is 2.24. The van der Waals surface area contributed by atoms with E-state index < -0.39 is 0 Å². The fourth-order valence-electron chi connectivity index (χ4n) is 1.60. The zero-order chi connectivity index (χ0) is 13.1. The first-order chi connectivity index (χ1) is 8.56. The van der Waals surface area contributed by atoms with Gasteiger partial charge >= 0.3 is 0 Å². The van der Waals surface area contributed by atoms with Crippen molar-refractivity contribution in [1.82, 2.24) is 5.32 Å². The first-order valence-electron chi connectivity index (χ1n) is 5.49. The third kappa shape index (κ3) is 3.54. The van der Waals surface area contributed by atoms with Crippen molar-refractivity contribution in [1.29, 1.82) is 0 Å². The summed E-state index contributed by atoms with van der Waals surface area (Å²) < 4.78 is 14.5. The van der Waals surface area contributed by atoms with Crippen molar-refractivity contribution >= 4 is 38.9 Å². The summed E-state index contributed by atoms with van der Waals surface area (Å²) >= 11 is 10.8. The van der Waals surface area contributed by atoms with E-state index in [0.717, 1.165) is 15.9 Å². The van der Waals surface area contributed by atoms with Crippen molar-refractivity contribution < 1.29 is 4.39 Å². The molecule has 1 nitrogen and oxygen atoms in total. The van der Waals surface area contributed by atoms with Crippen molar-refractivity contribution in [3.8, 4) is 0 Å². The Morgan fingerprint density at radius 2 is 2.17 bits per heavy atom. The van der Waals surface area contributed by atoms with Gasteiger partial charge in [-0.2, -0.15) is 0 Å². The fraction of sp³-hybridized carbons (Fsp3) is 0.231. The Hall–Kier alpha value is -0.420. The second kappa shape index (κ2) is 6.15. The summed E-state index contributed by atoms with van der Waals surface area (Å²) in [5.74, 6) is -0.373. The Labute approximate surface area is 123 Å². The second-order valence-corrected chi connectivity index (χ2v) is 6.94. The molecule has 0 aliphatic carbocycles. The predicted octanol–water partition coefficient (Wildman–Crippen LogP) is 5.15. The van der Waals surface area contributed by atoms with E-state index in [1.807, 2.05) is 19.1 Å². The van der Waals surface area contributed by atoms with E-state index >= 15 is 0 Å². The zero-order valence-corrected chi connectivity index (χ0v) is 12.9. The van der Waals surface area contributed by atoms with Gasteiger partial charge in [0, 0.05) is 17.5 Å². The number of benzene rings is 1. The van der Waals surface area contributed by atoms with Crippen LogP contribution in [-0.2, 0) is 6.54 Å². The molecule has 1 unspecified atom stereocenters. The maximum atomic E-state index is 13.3. The highest BCUT2D eigenvalue weighted by Gasteiger charge is 2.08.